The number of halogens is 1. The quantitative estimate of drug-likeness (QED) is 0.377. The van der Waals surface area contributed by atoms with Gasteiger partial charge in [0.2, 0.25) is 0 Å². The molecule has 0 saturated heterocycles. The average molecular weight is 435 g/mol. The number of hydrogen-bond acceptors (Lipinski definition) is 1. The Morgan fingerprint density at radius 2 is 1.62 bits per heavy atom. The van der Waals surface area contributed by atoms with E-state index in [9.17, 15) is 0 Å². The summed E-state index contributed by atoms with van der Waals surface area (Å²) < 4.78 is 21.1. The second kappa shape index (κ2) is 11.2. The van der Waals surface area contributed by atoms with Gasteiger partial charge in [-0.1, -0.05) is 43.2 Å². The van der Waals surface area contributed by atoms with Crippen molar-refractivity contribution in [3.05, 3.63) is 66.5 Å². The predicted molar refractivity (Wildman–Crippen MR) is 134 cm³/mol. The largest absolute Gasteiger partial charge is 0.490 e. The van der Waals surface area contributed by atoms with E-state index in [0.717, 1.165) is 52.7 Å². The first kappa shape index (κ1) is 23.1. The highest BCUT2D eigenvalue weighted by Crippen LogP contribution is 2.41. The molecule has 172 valence electrons. The molecule has 0 atom stereocenters. The van der Waals surface area contributed by atoms with E-state index in [1.54, 1.807) is 0 Å². The third kappa shape index (κ3) is 5.63. The topological polar surface area (TPSA) is 9.23 Å². The van der Waals surface area contributed by atoms with Crippen molar-refractivity contribution in [3.8, 4) is 5.75 Å². The van der Waals surface area contributed by atoms with E-state index >= 15 is 4.39 Å². The first-order chi connectivity index (χ1) is 15.7. The minimum atomic E-state index is -0.0232. The van der Waals surface area contributed by atoms with Gasteiger partial charge in [0, 0.05) is 5.39 Å². The molecule has 0 N–H and O–H groups in total. The minimum Gasteiger partial charge on any atom is -0.490 e. The molecule has 0 bridgehead atoms. The van der Waals surface area contributed by atoms with E-state index < -0.39 is 0 Å². The van der Waals surface area contributed by atoms with E-state index in [1.165, 1.54) is 51.4 Å². The Kier molecular flexibility index (Phi) is 8.05. The van der Waals surface area contributed by atoms with Crippen LogP contribution in [0.5, 0.6) is 5.75 Å². The first-order valence-electron chi connectivity index (χ1n) is 12.8. The van der Waals surface area contributed by atoms with Crippen LogP contribution >= 0.6 is 0 Å². The van der Waals surface area contributed by atoms with Gasteiger partial charge in [-0.25, -0.2) is 4.39 Å². The monoisotopic (exact) mass is 434 g/mol. The second-order valence-corrected chi connectivity index (χ2v) is 10.0. The van der Waals surface area contributed by atoms with E-state index in [2.05, 4.69) is 18.7 Å². The molecule has 2 aromatic rings. The molecule has 0 radical (unpaired) electrons. The van der Waals surface area contributed by atoms with Gasteiger partial charge in [-0.05, 0) is 111 Å². The Morgan fingerprint density at radius 3 is 2.28 bits per heavy atom. The van der Waals surface area contributed by atoms with Crippen molar-refractivity contribution in [3.63, 3.8) is 0 Å². The summed E-state index contributed by atoms with van der Waals surface area (Å²) in [5.74, 6) is 3.66. The molecule has 1 nitrogen and oxygen atoms in total. The molecule has 4 rings (SSSR count). The zero-order valence-corrected chi connectivity index (χ0v) is 19.7. The van der Waals surface area contributed by atoms with Gasteiger partial charge in [0.25, 0.3) is 0 Å². The Morgan fingerprint density at radius 1 is 0.938 bits per heavy atom. The number of allylic oxidation sites excluding steroid dienone is 2. The van der Waals surface area contributed by atoms with Crippen LogP contribution in [0.3, 0.4) is 0 Å². The van der Waals surface area contributed by atoms with Gasteiger partial charge >= 0.3 is 0 Å². The maximum Gasteiger partial charge on any atom is 0.134 e. The van der Waals surface area contributed by atoms with Crippen LogP contribution in [-0.4, -0.2) is 6.61 Å². The van der Waals surface area contributed by atoms with Crippen molar-refractivity contribution in [2.24, 2.45) is 17.8 Å². The Balaban J connectivity index is 1.31. The molecule has 0 heterocycles. The van der Waals surface area contributed by atoms with E-state index in [-0.39, 0.29) is 5.82 Å². The molecule has 0 unspecified atom stereocenters. The van der Waals surface area contributed by atoms with Crippen LogP contribution in [0.15, 0.2) is 55.1 Å². The van der Waals surface area contributed by atoms with E-state index in [1.807, 2.05) is 43.3 Å². The van der Waals surface area contributed by atoms with Gasteiger partial charge in [-0.15, -0.1) is 6.58 Å². The number of fused-ring (bicyclic) bond motifs is 1. The van der Waals surface area contributed by atoms with Crippen molar-refractivity contribution in [2.45, 2.75) is 77.0 Å². The van der Waals surface area contributed by atoms with Gasteiger partial charge in [0.15, 0.2) is 0 Å². The molecule has 0 spiro atoms. The Hall–Kier alpha value is -2.09. The highest BCUT2D eigenvalue weighted by Gasteiger charge is 2.26. The molecule has 0 aromatic heterocycles. The number of ether oxygens (including phenoxy) is 1. The second-order valence-electron chi connectivity index (χ2n) is 10.0. The maximum absolute atomic E-state index is 15.4. The third-order valence-corrected chi connectivity index (χ3v) is 8.03. The predicted octanol–water partition coefficient (Wildman–Crippen LogP) is 8.98. The van der Waals surface area contributed by atoms with Crippen LogP contribution in [0.2, 0.25) is 0 Å². The maximum atomic E-state index is 15.4. The summed E-state index contributed by atoms with van der Waals surface area (Å²) in [6, 6.07) is 9.81. The zero-order valence-electron chi connectivity index (χ0n) is 19.7. The highest BCUT2D eigenvalue weighted by molar-refractivity contribution is 5.85. The standard InChI is InChI=1S/C30H39FO/c1-3-5-20-32-27-17-19-29-26(21-27)16-18-28(30(29)31)25-14-12-24(13-15-25)11-10-23-8-6-22(4-2)7-9-23/h3-5,16-19,21-25H,2,6-15,20H2,1H3. The molecule has 2 aromatic carbocycles. The zero-order chi connectivity index (χ0) is 22.3. The Bertz CT molecular complexity index is 914. The van der Waals surface area contributed by atoms with E-state index in [0.29, 0.717) is 12.5 Å². The van der Waals surface area contributed by atoms with Crippen molar-refractivity contribution < 1.29 is 9.13 Å². The third-order valence-electron chi connectivity index (χ3n) is 8.03. The lowest BCUT2D eigenvalue weighted by atomic mass is 9.74. The molecule has 2 fully saturated rings. The summed E-state index contributed by atoms with van der Waals surface area (Å²) in [7, 11) is 0. The minimum absolute atomic E-state index is 0.0232. The van der Waals surface area contributed by atoms with Gasteiger partial charge in [-0.2, -0.15) is 0 Å². The molecule has 2 saturated carbocycles. The van der Waals surface area contributed by atoms with Crippen LogP contribution in [-0.2, 0) is 0 Å². The lowest BCUT2D eigenvalue weighted by molar-refractivity contribution is 0.245. The number of benzene rings is 2. The smallest absolute Gasteiger partial charge is 0.134 e. The van der Waals surface area contributed by atoms with Crippen LogP contribution in [0.25, 0.3) is 10.8 Å². The SMILES string of the molecule is C=CC1CCC(CCC2CCC(c3ccc4cc(OCC=CC)ccc4c3F)CC2)CC1. The lowest BCUT2D eigenvalue weighted by Gasteiger charge is -2.31. The average Bonchev–Trinajstić information content (AvgIpc) is 2.84. The number of hydrogen-bond donors (Lipinski definition) is 0. The molecular formula is C30H39FO. The summed E-state index contributed by atoms with van der Waals surface area (Å²) in [5, 5.41) is 1.64. The fourth-order valence-electron chi connectivity index (χ4n) is 5.88. The van der Waals surface area contributed by atoms with Crippen molar-refractivity contribution in [1.29, 1.82) is 0 Å². The highest BCUT2D eigenvalue weighted by atomic mass is 19.1. The summed E-state index contributed by atoms with van der Waals surface area (Å²) in [4.78, 5) is 0. The van der Waals surface area contributed by atoms with Gasteiger partial charge in [-0.3, -0.25) is 0 Å². The molecule has 32 heavy (non-hydrogen) atoms. The van der Waals surface area contributed by atoms with Gasteiger partial charge < -0.3 is 4.74 Å². The first-order valence-corrected chi connectivity index (χ1v) is 12.8. The van der Waals surface area contributed by atoms with Crippen LogP contribution < -0.4 is 4.74 Å². The number of rotatable bonds is 8. The summed E-state index contributed by atoms with van der Waals surface area (Å²) in [6.07, 6.45) is 19.1. The summed E-state index contributed by atoms with van der Waals surface area (Å²) >= 11 is 0. The van der Waals surface area contributed by atoms with Crippen molar-refractivity contribution in [1.82, 2.24) is 0 Å². The molecular weight excluding hydrogens is 395 g/mol. The summed E-state index contributed by atoms with van der Waals surface area (Å²) in [5.41, 5.74) is 0.918. The summed E-state index contributed by atoms with van der Waals surface area (Å²) in [6.45, 7) is 6.49. The normalized spacial score (nSPS) is 26.4. The van der Waals surface area contributed by atoms with Crippen LogP contribution in [0.1, 0.15) is 82.6 Å². The molecule has 2 heteroatoms. The van der Waals surface area contributed by atoms with Gasteiger partial charge in [0.05, 0.1) is 0 Å². The lowest BCUT2D eigenvalue weighted by Crippen LogP contribution is -2.17. The Labute approximate surface area is 193 Å². The fraction of sp³-hybridized carbons (Fsp3) is 0.533. The van der Waals surface area contributed by atoms with Gasteiger partial charge in [0.1, 0.15) is 18.2 Å². The molecule has 2 aliphatic rings. The molecule has 2 aliphatic carbocycles. The van der Waals surface area contributed by atoms with Crippen LogP contribution in [0.4, 0.5) is 4.39 Å². The van der Waals surface area contributed by atoms with E-state index in [4.69, 9.17) is 4.74 Å². The molecule has 0 amide bonds. The van der Waals surface area contributed by atoms with Crippen molar-refractivity contribution >= 4 is 10.8 Å². The van der Waals surface area contributed by atoms with Crippen molar-refractivity contribution in [2.75, 3.05) is 6.61 Å². The molecule has 0 aliphatic heterocycles. The fourth-order valence-corrected chi connectivity index (χ4v) is 5.88. The van der Waals surface area contributed by atoms with Crippen LogP contribution in [0, 0.1) is 23.6 Å².